The van der Waals surface area contributed by atoms with Crippen LogP contribution in [-0.4, -0.2) is 10.2 Å². The summed E-state index contributed by atoms with van der Waals surface area (Å²) in [6.07, 6.45) is 0. The second-order valence-corrected chi connectivity index (χ2v) is 3.07. The summed E-state index contributed by atoms with van der Waals surface area (Å²) in [5.74, 6) is -2.82. The van der Waals surface area contributed by atoms with Gasteiger partial charge in [-0.1, -0.05) is 11.6 Å². The minimum Gasteiger partial charge on any atom is -0.388 e. The molecule has 1 aromatic carbocycles. The molecule has 1 heterocycles. The van der Waals surface area contributed by atoms with Gasteiger partial charge in [-0.05, 0) is 12.1 Å². The van der Waals surface area contributed by atoms with Crippen molar-refractivity contribution in [3.63, 3.8) is 0 Å². The first-order valence-electron chi connectivity index (χ1n) is 3.78. The highest BCUT2D eigenvalue weighted by Gasteiger charge is 2.14. The Labute approximate surface area is 86.5 Å². The lowest BCUT2D eigenvalue weighted by Gasteiger charge is -1.99. The maximum Gasteiger partial charge on any atom is 0.434 e. The Morgan fingerprint density at radius 1 is 1.33 bits per heavy atom. The van der Waals surface area contributed by atoms with E-state index >= 15 is 0 Å². The molecule has 2 rings (SSSR count). The van der Waals surface area contributed by atoms with E-state index in [0.29, 0.717) is 0 Å². The van der Waals surface area contributed by atoms with Gasteiger partial charge < -0.3 is 4.42 Å². The van der Waals surface area contributed by atoms with Gasteiger partial charge in [0.05, 0.1) is 10.6 Å². The standard InChI is InChI=1S/C8H3ClF2N2O2/c9-4-2-5(10)3(1-6(4)11)7-12-13-8(14)15-7/h1-2H,(H,13,14). The molecule has 0 saturated carbocycles. The first kappa shape index (κ1) is 9.85. The lowest BCUT2D eigenvalue weighted by molar-refractivity contribution is 0.519. The summed E-state index contributed by atoms with van der Waals surface area (Å²) in [6.45, 7) is 0. The average molecular weight is 233 g/mol. The summed E-state index contributed by atoms with van der Waals surface area (Å²) in [7, 11) is 0. The maximum absolute atomic E-state index is 13.3. The van der Waals surface area contributed by atoms with Gasteiger partial charge in [0.15, 0.2) is 0 Å². The predicted molar refractivity (Wildman–Crippen MR) is 47.5 cm³/mol. The normalized spacial score (nSPS) is 10.6. The van der Waals surface area contributed by atoms with Crippen molar-refractivity contribution in [1.29, 1.82) is 0 Å². The summed E-state index contributed by atoms with van der Waals surface area (Å²) in [6, 6.07) is 1.58. The van der Waals surface area contributed by atoms with Crippen molar-refractivity contribution in [3.8, 4) is 11.5 Å². The van der Waals surface area contributed by atoms with Crippen molar-refractivity contribution < 1.29 is 13.2 Å². The lowest BCUT2D eigenvalue weighted by Crippen LogP contribution is -1.93. The van der Waals surface area contributed by atoms with Gasteiger partial charge in [-0.15, -0.1) is 5.10 Å². The zero-order valence-corrected chi connectivity index (χ0v) is 7.81. The smallest absolute Gasteiger partial charge is 0.388 e. The number of nitrogens with zero attached hydrogens (tertiary/aromatic N) is 1. The zero-order chi connectivity index (χ0) is 11.0. The molecular formula is C8H3ClF2N2O2. The number of benzene rings is 1. The van der Waals surface area contributed by atoms with Crippen LogP contribution in [0.15, 0.2) is 21.3 Å². The third kappa shape index (κ3) is 1.75. The number of halogens is 3. The summed E-state index contributed by atoms with van der Waals surface area (Å²) in [5.41, 5.74) is -0.268. The van der Waals surface area contributed by atoms with Crippen LogP contribution in [0.2, 0.25) is 5.02 Å². The first-order chi connectivity index (χ1) is 7.08. The molecular weight excluding hydrogens is 230 g/mol. The average Bonchev–Trinajstić information content (AvgIpc) is 2.58. The number of H-pyrrole nitrogens is 1. The summed E-state index contributed by atoms with van der Waals surface area (Å²) < 4.78 is 30.7. The van der Waals surface area contributed by atoms with E-state index in [1.54, 1.807) is 0 Å². The van der Waals surface area contributed by atoms with Crippen molar-refractivity contribution in [3.05, 3.63) is 39.3 Å². The molecule has 0 radical (unpaired) electrons. The fourth-order valence-electron chi connectivity index (χ4n) is 1.03. The molecule has 0 spiro atoms. The summed E-state index contributed by atoms with van der Waals surface area (Å²) in [4.78, 5) is 10.6. The van der Waals surface area contributed by atoms with Crippen molar-refractivity contribution in [2.75, 3.05) is 0 Å². The SMILES string of the molecule is O=c1[nH]nc(-c2cc(F)c(Cl)cc2F)o1. The van der Waals surface area contributed by atoms with Gasteiger partial charge in [0.25, 0.3) is 5.89 Å². The quantitative estimate of drug-likeness (QED) is 0.765. The Bertz CT molecular complexity index is 564. The van der Waals surface area contributed by atoms with E-state index in [1.165, 1.54) is 0 Å². The molecule has 15 heavy (non-hydrogen) atoms. The van der Waals surface area contributed by atoms with Gasteiger partial charge in [0.2, 0.25) is 0 Å². The zero-order valence-electron chi connectivity index (χ0n) is 7.05. The van der Waals surface area contributed by atoms with Crippen molar-refractivity contribution in [1.82, 2.24) is 10.2 Å². The highest BCUT2D eigenvalue weighted by atomic mass is 35.5. The lowest BCUT2D eigenvalue weighted by atomic mass is 10.2. The fourth-order valence-corrected chi connectivity index (χ4v) is 1.18. The topological polar surface area (TPSA) is 58.9 Å². The van der Waals surface area contributed by atoms with Crippen LogP contribution in [0.1, 0.15) is 0 Å². The Morgan fingerprint density at radius 2 is 2.07 bits per heavy atom. The Hall–Kier alpha value is -1.69. The maximum atomic E-state index is 13.3. The number of hydrogen-bond acceptors (Lipinski definition) is 3. The van der Waals surface area contributed by atoms with E-state index in [-0.39, 0.29) is 16.5 Å². The van der Waals surface area contributed by atoms with Gasteiger partial charge in [-0.3, -0.25) is 0 Å². The predicted octanol–water partition coefficient (Wildman–Crippen LogP) is 1.96. The van der Waals surface area contributed by atoms with Gasteiger partial charge >= 0.3 is 5.76 Å². The van der Waals surface area contributed by atoms with Crippen LogP contribution in [0.25, 0.3) is 11.5 Å². The highest BCUT2D eigenvalue weighted by Crippen LogP contribution is 2.25. The molecule has 0 aliphatic heterocycles. The third-order valence-corrected chi connectivity index (χ3v) is 1.97. The van der Waals surface area contributed by atoms with Gasteiger partial charge in [-0.25, -0.2) is 18.7 Å². The molecule has 4 nitrogen and oxygen atoms in total. The monoisotopic (exact) mass is 232 g/mol. The van der Waals surface area contributed by atoms with Gasteiger partial charge in [-0.2, -0.15) is 0 Å². The van der Waals surface area contributed by atoms with Gasteiger partial charge in [0, 0.05) is 0 Å². The van der Waals surface area contributed by atoms with E-state index in [1.807, 2.05) is 5.10 Å². The highest BCUT2D eigenvalue weighted by molar-refractivity contribution is 6.30. The van der Waals surface area contributed by atoms with Crippen LogP contribution in [0.3, 0.4) is 0 Å². The molecule has 1 aromatic heterocycles. The van der Waals surface area contributed by atoms with Crippen molar-refractivity contribution in [2.24, 2.45) is 0 Å². The second kappa shape index (κ2) is 3.47. The van der Waals surface area contributed by atoms with Crippen LogP contribution in [0.4, 0.5) is 8.78 Å². The second-order valence-electron chi connectivity index (χ2n) is 2.66. The van der Waals surface area contributed by atoms with E-state index in [0.717, 1.165) is 12.1 Å². The Morgan fingerprint density at radius 3 is 2.67 bits per heavy atom. The molecule has 7 heteroatoms. The number of aromatic nitrogens is 2. The molecule has 0 bridgehead atoms. The van der Waals surface area contributed by atoms with Crippen LogP contribution in [0.5, 0.6) is 0 Å². The molecule has 2 aromatic rings. The Balaban J connectivity index is 2.63. The minimum absolute atomic E-state index is 0.268. The van der Waals surface area contributed by atoms with Crippen LogP contribution < -0.4 is 5.76 Å². The van der Waals surface area contributed by atoms with E-state index in [4.69, 9.17) is 11.6 Å². The van der Waals surface area contributed by atoms with Crippen molar-refractivity contribution in [2.45, 2.75) is 0 Å². The van der Waals surface area contributed by atoms with Gasteiger partial charge in [0.1, 0.15) is 11.6 Å². The van der Waals surface area contributed by atoms with E-state index < -0.39 is 17.4 Å². The summed E-state index contributed by atoms with van der Waals surface area (Å²) >= 11 is 5.34. The molecule has 0 amide bonds. The Kier molecular flexibility index (Phi) is 2.28. The minimum atomic E-state index is -0.847. The fraction of sp³-hybridized carbons (Fsp3) is 0. The largest absolute Gasteiger partial charge is 0.434 e. The third-order valence-electron chi connectivity index (χ3n) is 1.68. The van der Waals surface area contributed by atoms with E-state index in [9.17, 15) is 13.6 Å². The van der Waals surface area contributed by atoms with Crippen LogP contribution >= 0.6 is 11.6 Å². The number of aromatic amines is 1. The molecule has 0 fully saturated rings. The number of hydrogen-bond donors (Lipinski definition) is 1. The van der Waals surface area contributed by atoms with Crippen LogP contribution in [0, 0.1) is 11.6 Å². The first-order valence-corrected chi connectivity index (χ1v) is 4.16. The van der Waals surface area contributed by atoms with Crippen LogP contribution in [-0.2, 0) is 0 Å². The molecule has 0 aliphatic carbocycles. The molecule has 78 valence electrons. The molecule has 0 unspecified atom stereocenters. The summed E-state index contributed by atoms with van der Waals surface area (Å²) in [5, 5.41) is 4.95. The van der Waals surface area contributed by atoms with Crippen molar-refractivity contribution >= 4 is 11.6 Å². The molecule has 0 aliphatic rings. The number of rotatable bonds is 1. The number of nitrogens with one attached hydrogen (secondary N) is 1. The molecule has 0 atom stereocenters. The molecule has 0 saturated heterocycles. The molecule has 1 N–H and O–H groups in total. The van der Waals surface area contributed by atoms with E-state index in [2.05, 4.69) is 9.52 Å².